The van der Waals surface area contributed by atoms with E-state index >= 15 is 0 Å². The molecule has 0 aliphatic carbocycles. The third kappa shape index (κ3) is 9.68. The summed E-state index contributed by atoms with van der Waals surface area (Å²) in [6.07, 6.45) is 4.62. The summed E-state index contributed by atoms with van der Waals surface area (Å²) in [4.78, 5) is 0. The molecule has 2 rings (SSSR count). The van der Waals surface area contributed by atoms with Crippen molar-refractivity contribution >= 4 is 11.4 Å². The lowest BCUT2D eigenvalue weighted by atomic mass is 10.1. The van der Waals surface area contributed by atoms with Crippen LogP contribution in [0.4, 0.5) is 11.4 Å². The molecule has 148 valence electrons. The van der Waals surface area contributed by atoms with Crippen LogP contribution in [0.5, 0.6) is 5.75 Å². The molecule has 0 saturated carbocycles. The fourth-order valence-electron chi connectivity index (χ4n) is 2.56. The van der Waals surface area contributed by atoms with Crippen LogP contribution in [-0.2, 0) is 6.42 Å². The van der Waals surface area contributed by atoms with Crippen LogP contribution in [0.2, 0.25) is 0 Å². The number of ether oxygens (including phenoxy) is 1. The van der Waals surface area contributed by atoms with E-state index in [9.17, 15) is 0 Å². The van der Waals surface area contributed by atoms with Crippen LogP contribution >= 0.6 is 0 Å². The highest BCUT2D eigenvalue weighted by molar-refractivity contribution is 5.43. The van der Waals surface area contributed by atoms with Gasteiger partial charge in [0.1, 0.15) is 5.75 Å². The van der Waals surface area contributed by atoms with E-state index in [2.05, 4.69) is 50.4 Å². The highest BCUT2D eigenvalue weighted by Gasteiger charge is 2.05. The molecule has 0 fully saturated rings. The van der Waals surface area contributed by atoms with Gasteiger partial charge in [-0.05, 0) is 54.8 Å². The zero-order chi connectivity index (χ0) is 18.8. The minimum Gasteiger partial charge on any atom is -1.00 e. The van der Waals surface area contributed by atoms with Crippen LogP contribution in [0.3, 0.4) is 0 Å². The van der Waals surface area contributed by atoms with Gasteiger partial charge in [-0.3, -0.25) is 0 Å². The lowest BCUT2D eigenvalue weighted by molar-refractivity contribution is -0.870. The Morgan fingerprint density at radius 3 is 1.89 bits per heavy atom. The van der Waals surface area contributed by atoms with Gasteiger partial charge in [-0.2, -0.15) is 10.2 Å². The minimum absolute atomic E-state index is 0. The summed E-state index contributed by atoms with van der Waals surface area (Å²) < 4.78 is 6.74. The second kappa shape index (κ2) is 11.9. The molecule has 0 aliphatic rings. The molecule has 0 aliphatic heterocycles. The van der Waals surface area contributed by atoms with Crippen molar-refractivity contribution in [1.29, 1.82) is 0 Å². The average Bonchev–Trinajstić information content (AvgIpc) is 2.63. The van der Waals surface area contributed by atoms with Gasteiger partial charge in [0.15, 0.2) is 0 Å². The molecule has 0 atom stereocenters. The van der Waals surface area contributed by atoms with Crippen LogP contribution in [0.25, 0.3) is 0 Å². The van der Waals surface area contributed by atoms with Gasteiger partial charge in [-0.15, -0.1) is 0 Å². The smallest absolute Gasteiger partial charge is 0.119 e. The molecule has 2 aromatic rings. The van der Waals surface area contributed by atoms with Crippen molar-refractivity contribution in [3.8, 4) is 5.75 Å². The van der Waals surface area contributed by atoms with Crippen LogP contribution in [0, 0.1) is 0 Å². The molecule has 0 radical (unpaired) electrons. The van der Waals surface area contributed by atoms with Crippen molar-refractivity contribution in [3.63, 3.8) is 0 Å². The van der Waals surface area contributed by atoms with E-state index in [-0.39, 0.29) is 17.0 Å². The Kier molecular flexibility index (Phi) is 10.3. The first kappa shape index (κ1) is 23.3. The molecule has 0 aromatic heterocycles. The highest BCUT2D eigenvalue weighted by Crippen LogP contribution is 2.22. The zero-order valence-corrected chi connectivity index (χ0v) is 18.6. The summed E-state index contributed by atoms with van der Waals surface area (Å²) in [6.45, 7) is 4.05. The molecule has 0 spiro atoms. The van der Waals surface area contributed by atoms with E-state index < -0.39 is 0 Å². The second-order valence-electron chi connectivity index (χ2n) is 7.68. The topological polar surface area (TPSA) is 34.0 Å². The quantitative estimate of drug-likeness (QED) is 0.322. The number of nitrogens with zero attached hydrogens (tertiary/aromatic N) is 3. The first-order valence-corrected chi connectivity index (χ1v) is 9.50. The van der Waals surface area contributed by atoms with Crippen LogP contribution in [0.1, 0.15) is 31.7 Å². The average molecular weight is 434 g/mol. The summed E-state index contributed by atoms with van der Waals surface area (Å²) in [5.74, 6) is 0.880. The predicted molar refractivity (Wildman–Crippen MR) is 109 cm³/mol. The lowest BCUT2D eigenvalue weighted by Crippen LogP contribution is -3.00. The Bertz CT molecular complexity index is 676. The normalized spacial score (nSPS) is 11.4. The molecule has 0 saturated heterocycles. The summed E-state index contributed by atoms with van der Waals surface area (Å²) in [5, 5.41) is 8.62. The molecule has 0 amide bonds. The molecule has 4 nitrogen and oxygen atoms in total. The number of hydrogen-bond donors (Lipinski definition) is 0. The number of quaternary nitrogens is 1. The van der Waals surface area contributed by atoms with Gasteiger partial charge in [0, 0.05) is 6.42 Å². The standard InChI is InChI=1S/C22H32N3O.BrH/c1-5-6-8-19-9-11-20(12-10-19)23-24-21-13-15-22(16-14-21)26-18-7-17-25(2,3)4;/h9-16H,5-8,17-18H2,1-4H3;1H/q+1;/p-1. The first-order valence-electron chi connectivity index (χ1n) is 9.50. The van der Waals surface area contributed by atoms with Crippen molar-refractivity contribution < 1.29 is 26.2 Å². The highest BCUT2D eigenvalue weighted by atomic mass is 79.9. The van der Waals surface area contributed by atoms with Gasteiger partial charge in [-0.25, -0.2) is 0 Å². The van der Waals surface area contributed by atoms with Gasteiger partial charge in [-0.1, -0.05) is 25.5 Å². The molecule has 0 heterocycles. The maximum absolute atomic E-state index is 5.78. The fourth-order valence-corrected chi connectivity index (χ4v) is 2.56. The van der Waals surface area contributed by atoms with E-state index in [0.29, 0.717) is 0 Å². The second-order valence-corrected chi connectivity index (χ2v) is 7.68. The van der Waals surface area contributed by atoms with Gasteiger partial charge < -0.3 is 26.2 Å². The van der Waals surface area contributed by atoms with Gasteiger partial charge in [0.25, 0.3) is 0 Å². The van der Waals surface area contributed by atoms with Crippen molar-refractivity contribution in [3.05, 3.63) is 54.1 Å². The molecule has 0 bridgehead atoms. The monoisotopic (exact) mass is 433 g/mol. The number of benzene rings is 2. The summed E-state index contributed by atoms with van der Waals surface area (Å²) in [6, 6.07) is 16.1. The number of azo groups is 1. The fraction of sp³-hybridized carbons (Fsp3) is 0.455. The van der Waals surface area contributed by atoms with Crippen LogP contribution < -0.4 is 21.7 Å². The van der Waals surface area contributed by atoms with E-state index in [1.54, 1.807) is 0 Å². The van der Waals surface area contributed by atoms with Crippen molar-refractivity contribution in [2.75, 3.05) is 34.3 Å². The molecular formula is C22H32BrN3O. The third-order valence-electron chi connectivity index (χ3n) is 4.12. The zero-order valence-electron chi connectivity index (χ0n) is 17.0. The lowest BCUT2D eigenvalue weighted by Gasteiger charge is -2.23. The van der Waals surface area contributed by atoms with Gasteiger partial charge in [0.05, 0.1) is 45.7 Å². The largest absolute Gasteiger partial charge is 1.00 e. The van der Waals surface area contributed by atoms with Crippen molar-refractivity contribution in [1.82, 2.24) is 0 Å². The third-order valence-corrected chi connectivity index (χ3v) is 4.12. The van der Waals surface area contributed by atoms with Crippen LogP contribution in [-0.4, -0.2) is 38.8 Å². The Balaban J connectivity index is 0.00000364. The number of unbranched alkanes of at least 4 members (excludes halogenated alkanes) is 1. The van der Waals surface area contributed by atoms with E-state index in [4.69, 9.17) is 4.74 Å². The molecular weight excluding hydrogens is 402 g/mol. The predicted octanol–water partition coefficient (Wildman–Crippen LogP) is 2.92. The van der Waals surface area contributed by atoms with E-state index in [1.807, 2.05) is 36.4 Å². The maximum atomic E-state index is 5.78. The van der Waals surface area contributed by atoms with Crippen molar-refractivity contribution in [2.24, 2.45) is 10.2 Å². The van der Waals surface area contributed by atoms with Gasteiger partial charge in [0.2, 0.25) is 0 Å². The summed E-state index contributed by atoms with van der Waals surface area (Å²) in [7, 11) is 6.58. The number of halogens is 1. The molecule has 5 heteroatoms. The van der Waals surface area contributed by atoms with Gasteiger partial charge >= 0.3 is 0 Å². The maximum Gasteiger partial charge on any atom is 0.119 e. The first-order chi connectivity index (χ1) is 12.5. The molecule has 27 heavy (non-hydrogen) atoms. The number of aryl methyl sites for hydroxylation is 1. The Morgan fingerprint density at radius 2 is 1.37 bits per heavy atom. The Morgan fingerprint density at radius 1 is 0.815 bits per heavy atom. The van der Waals surface area contributed by atoms with Crippen molar-refractivity contribution in [2.45, 2.75) is 32.6 Å². The number of hydrogen-bond acceptors (Lipinski definition) is 3. The summed E-state index contributed by atoms with van der Waals surface area (Å²) in [5.41, 5.74) is 3.07. The van der Waals surface area contributed by atoms with E-state index in [1.165, 1.54) is 18.4 Å². The Labute approximate surface area is 174 Å². The molecule has 0 unspecified atom stereocenters. The van der Waals surface area contributed by atoms with E-state index in [0.717, 1.165) is 47.6 Å². The minimum atomic E-state index is 0. The molecule has 2 aromatic carbocycles. The van der Waals surface area contributed by atoms with Crippen LogP contribution in [0.15, 0.2) is 58.8 Å². The Hall–Kier alpha value is -1.72. The molecule has 0 N–H and O–H groups in total. The summed E-state index contributed by atoms with van der Waals surface area (Å²) >= 11 is 0. The number of rotatable bonds is 10. The SMILES string of the molecule is CCCCc1ccc(N=Nc2ccc(OCCC[N+](C)(C)C)cc2)cc1.[Br-].